The van der Waals surface area contributed by atoms with Gasteiger partial charge in [-0.25, -0.2) is 5.43 Å². The lowest BCUT2D eigenvalue weighted by atomic mass is 10.2. The van der Waals surface area contributed by atoms with E-state index in [1.54, 1.807) is 24.3 Å². The van der Waals surface area contributed by atoms with Crippen molar-refractivity contribution in [2.24, 2.45) is 5.10 Å². The van der Waals surface area contributed by atoms with E-state index in [1.165, 1.54) is 6.21 Å². The first-order valence-corrected chi connectivity index (χ1v) is 5.03. The quantitative estimate of drug-likeness (QED) is 0.666. The zero-order chi connectivity index (χ0) is 12.0. The van der Waals surface area contributed by atoms with Gasteiger partial charge in [-0.2, -0.15) is 10.4 Å². The molecule has 0 aliphatic rings. The van der Waals surface area contributed by atoms with E-state index in [1.807, 2.05) is 0 Å². The summed E-state index contributed by atoms with van der Waals surface area (Å²) >= 11 is 11.5. The molecule has 0 aromatic heterocycles. The van der Waals surface area contributed by atoms with E-state index in [0.717, 1.165) is 0 Å². The lowest BCUT2D eigenvalue weighted by molar-refractivity contribution is -0.120. The van der Waals surface area contributed by atoms with Crippen LogP contribution in [0.3, 0.4) is 0 Å². The van der Waals surface area contributed by atoms with Crippen molar-refractivity contribution in [3.05, 3.63) is 33.8 Å². The number of halogens is 2. The molecule has 0 saturated heterocycles. The summed E-state index contributed by atoms with van der Waals surface area (Å²) in [5.41, 5.74) is 2.90. The maximum Gasteiger partial charge on any atom is 0.254 e. The van der Waals surface area contributed by atoms with Gasteiger partial charge in [0, 0.05) is 0 Å². The number of hydrogen-bond acceptors (Lipinski definition) is 3. The van der Waals surface area contributed by atoms with Crippen molar-refractivity contribution in [3.8, 4) is 6.07 Å². The molecule has 6 heteroatoms. The Morgan fingerprint density at radius 1 is 1.50 bits per heavy atom. The van der Waals surface area contributed by atoms with Crippen LogP contribution in [0.5, 0.6) is 0 Å². The lowest BCUT2D eigenvalue weighted by Gasteiger charge is -1.97. The molecule has 0 atom stereocenters. The smallest absolute Gasteiger partial charge is 0.254 e. The van der Waals surface area contributed by atoms with Gasteiger partial charge in [0.2, 0.25) is 0 Å². The molecule has 1 aromatic rings. The molecule has 0 unspecified atom stereocenters. The Kier molecular flexibility index (Phi) is 4.77. The normalized spacial score (nSPS) is 10.1. The van der Waals surface area contributed by atoms with Crippen molar-refractivity contribution in [1.29, 1.82) is 5.26 Å². The van der Waals surface area contributed by atoms with Gasteiger partial charge < -0.3 is 0 Å². The van der Waals surface area contributed by atoms with Crippen LogP contribution in [-0.4, -0.2) is 12.1 Å². The molecule has 16 heavy (non-hydrogen) atoms. The van der Waals surface area contributed by atoms with Gasteiger partial charge in [0.25, 0.3) is 5.91 Å². The molecule has 4 nitrogen and oxygen atoms in total. The summed E-state index contributed by atoms with van der Waals surface area (Å²) in [5.74, 6) is -0.459. The van der Waals surface area contributed by atoms with Gasteiger partial charge in [-0.1, -0.05) is 29.3 Å². The van der Waals surface area contributed by atoms with Crippen molar-refractivity contribution >= 4 is 35.3 Å². The van der Waals surface area contributed by atoms with Crippen molar-refractivity contribution in [1.82, 2.24) is 5.43 Å². The number of nitrogens with zero attached hydrogens (tertiary/aromatic N) is 2. The molecule has 0 heterocycles. The number of nitriles is 1. The Hall–Kier alpha value is -1.57. The van der Waals surface area contributed by atoms with Crippen LogP contribution in [0.15, 0.2) is 23.3 Å². The molecule has 1 amide bonds. The monoisotopic (exact) mass is 255 g/mol. The third-order valence-electron chi connectivity index (χ3n) is 1.59. The van der Waals surface area contributed by atoms with E-state index < -0.39 is 5.91 Å². The molecule has 0 saturated carbocycles. The minimum atomic E-state index is -0.459. The summed E-state index contributed by atoms with van der Waals surface area (Å²) in [4.78, 5) is 10.9. The van der Waals surface area contributed by atoms with Gasteiger partial charge in [0.15, 0.2) is 0 Å². The summed E-state index contributed by atoms with van der Waals surface area (Å²) in [5, 5.41) is 12.7. The van der Waals surface area contributed by atoms with Crippen molar-refractivity contribution in [3.63, 3.8) is 0 Å². The highest BCUT2D eigenvalue weighted by Gasteiger charge is 1.98. The van der Waals surface area contributed by atoms with Crippen LogP contribution in [0.2, 0.25) is 10.0 Å². The summed E-state index contributed by atoms with van der Waals surface area (Å²) in [6, 6.07) is 6.65. The zero-order valence-corrected chi connectivity index (χ0v) is 9.59. The van der Waals surface area contributed by atoms with Gasteiger partial charge >= 0.3 is 0 Å². The molecule has 0 radical (unpaired) electrons. The zero-order valence-electron chi connectivity index (χ0n) is 8.08. The van der Waals surface area contributed by atoms with Crippen LogP contribution < -0.4 is 5.43 Å². The third kappa shape index (κ3) is 3.89. The molecule has 82 valence electrons. The van der Waals surface area contributed by atoms with Gasteiger partial charge in [-0.3, -0.25) is 4.79 Å². The van der Waals surface area contributed by atoms with Gasteiger partial charge in [-0.05, 0) is 17.7 Å². The molecule has 1 rings (SSSR count). The first-order chi connectivity index (χ1) is 7.63. The van der Waals surface area contributed by atoms with Crippen LogP contribution in [-0.2, 0) is 4.79 Å². The fourth-order valence-electron chi connectivity index (χ4n) is 0.883. The molecule has 1 aromatic carbocycles. The summed E-state index contributed by atoms with van der Waals surface area (Å²) in [6.45, 7) is 0. The van der Waals surface area contributed by atoms with Crippen LogP contribution in [0.25, 0.3) is 0 Å². The predicted molar refractivity (Wildman–Crippen MR) is 62.4 cm³/mol. The van der Waals surface area contributed by atoms with Crippen molar-refractivity contribution in [2.75, 3.05) is 0 Å². The van der Waals surface area contributed by atoms with E-state index >= 15 is 0 Å². The highest BCUT2D eigenvalue weighted by atomic mass is 35.5. The van der Waals surface area contributed by atoms with Crippen LogP contribution in [0.4, 0.5) is 0 Å². The third-order valence-corrected chi connectivity index (χ3v) is 2.33. The van der Waals surface area contributed by atoms with Crippen molar-refractivity contribution < 1.29 is 4.79 Å². The minimum Gasteiger partial charge on any atom is -0.272 e. The topological polar surface area (TPSA) is 65.2 Å². The summed E-state index contributed by atoms with van der Waals surface area (Å²) in [7, 11) is 0. The molecule has 0 spiro atoms. The highest BCUT2D eigenvalue weighted by molar-refractivity contribution is 6.42. The Bertz CT molecular complexity index is 466. The number of hydrogen-bond donors (Lipinski definition) is 1. The number of rotatable bonds is 3. The minimum absolute atomic E-state index is 0.223. The maximum absolute atomic E-state index is 10.9. The second-order valence-electron chi connectivity index (χ2n) is 2.80. The largest absolute Gasteiger partial charge is 0.272 e. The number of nitrogens with one attached hydrogen (secondary N) is 1. The fourth-order valence-corrected chi connectivity index (χ4v) is 1.19. The molecular formula is C10H7Cl2N3O. The SMILES string of the molecule is N#CCC(=O)N/N=C/c1ccc(Cl)c(Cl)c1. The predicted octanol–water partition coefficient (Wildman–Crippen LogP) is 2.36. The Balaban J connectivity index is 2.60. The van der Waals surface area contributed by atoms with Gasteiger partial charge in [-0.15, -0.1) is 0 Å². The second-order valence-corrected chi connectivity index (χ2v) is 3.62. The van der Waals surface area contributed by atoms with Crippen LogP contribution in [0.1, 0.15) is 12.0 Å². The van der Waals surface area contributed by atoms with E-state index in [-0.39, 0.29) is 6.42 Å². The average molecular weight is 256 g/mol. The number of carbonyl (C=O) groups excluding carboxylic acids is 1. The number of hydrazone groups is 1. The summed E-state index contributed by atoms with van der Waals surface area (Å²) < 4.78 is 0. The van der Waals surface area contributed by atoms with E-state index in [4.69, 9.17) is 28.5 Å². The lowest BCUT2D eigenvalue weighted by Crippen LogP contribution is -2.16. The second kappa shape index (κ2) is 6.11. The van der Waals surface area contributed by atoms with Crippen LogP contribution >= 0.6 is 23.2 Å². The number of amides is 1. The standard InChI is InChI=1S/C10H7Cl2N3O/c11-8-2-1-7(5-9(8)12)6-14-15-10(16)3-4-13/h1-2,5-6H,3H2,(H,15,16)/b14-6+. The van der Waals surface area contributed by atoms with E-state index in [2.05, 4.69) is 10.5 Å². The molecule has 0 bridgehead atoms. The molecule has 0 aliphatic heterocycles. The van der Waals surface area contributed by atoms with Gasteiger partial charge in [0.05, 0.1) is 22.3 Å². The Labute approximate surface area is 102 Å². The molecule has 0 fully saturated rings. The van der Waals surface area contributed by atoms with E-state index in [0.29, 0.717) is 15.6 Å². The molecular weight excluding hydrogens is 249 g/mol. The summed E-state index contributed by atoms with van der Waals surface area (Å²) in [6.07, 6.45) is 1.19. The first kappa shape index (κ1) is 12.5. The fraction of sp³-hybridized carbons (Fsp3) is 0.100. The van der Waals surface area contributed by atoms with E-state index in [9.17, 15) is 4.79 Å². The average Bonchev–Trinajstić information content (AvgIpc) is 2.24. The first-order valence-electron chi connectivity index (χ1n) is 4.27. The number of benzene rings is 1. The molecule has 1 N–H and O–H groups in total. The number of carbonyl (C=O) groups is 1. The maximum atomic E-state index is 10.9. The molecule has 0 aliphatic carbocycles. The Morgan fingerprint density at radius 2 is 2.25 bits per heavy atom. The van der Waals surface area contributed by atoms with Crippen molar-refractivity contribution in [2.45, 2.75) is 6.42 Å². The van der Waals surface area contributed by atoms with Gasteiger partial charge in [0.1, 0.15) is 6.42 Å². The van der Waals surface area contributed by atoms with Crippen LogP contribution in [0, 0.1) is 11.3 Å². The Morgan fingerprint density at radius 3 is 2.88 bits per heavy atom. The highest BCUT2D eigenvalue weighted by Crippen LogP contribution is 2.21.